The van der Waals surface area contributed by atoms with Crippen LogP contribution in [0.2, 0.25) is 10.0 Å². The van der Waals surface area contributed by atoms with Crippen LogP contribution in [0.5, 0.6) is 0 Å². The molecule has 0 saturated heterocycles. The Labute approximate surface area is 116 Å². The van der Waals surface area contributed by atoms with Crippen LogP contribution in [0.3, 0.4) is 0 Å². The molecule has 0 heterocycles. The zero-order chi connectivity index (χ0) is 13.7. The average molecular weight is 292 g/mol. The third-order valence-corrected chi connectivity index (χ3v) is 2.84. The molecule has 0 fully saturated rings. The van der Waals surface area contributed by atoms with Crippen molar-refractivity contribution < 1.29 is 15.0 Å². The van der Waals surface area contributed by atoms with Crippen molar-refractivity contribution in [2.45, 2.75) is 25.6 Å². The molecule has 0 radical (unpaired) electrons. The molecule has 0 bridgehead atoms. The highest BCUT2D eigenvalue weighted by atomic mass is 35.5. The average Bonchev–Trinajstić information content (AvgIpc) is 2.26. The summed E-state index contributed by atoms with van der Waals surface area (Å²) in [6.45, 7) is 1.68. The van der Waals surface area contributed by atoms with Crippen molar-refractivity contribution in [1.29, 1.82) is 0 Å². The van der Waals surface area contributed by atoms with Crippen LogP contribution in [0, 0.1) is 0 Å². The highest BCUT2D eigenvalue weighted by Crippen LogP contribution is 2.26. The molecular formula is C12H15Cl2NO3. The Morgan fingerprint density at radius 2 is 1.83 bits per heavy atom. The lowest BCUT2D eigenvalue weighted by molar-refractivity contribution is -0.119. The fourth-order valence-corrected chi connectivity index (χ4v) is 2.06. The van der Waals surface area contributed by atoms with E-state index in [1.165, 1.54) is 6.92 Å². The van der Waals surface area contributed by atoms with Crippen LogP contribution in [0.15, 0.2) is 18.2 Å². The normalized spacial score (nSPS) is 14.1. The molecule has 0 aliphatic carbocycles. The number of benzene rings is 1. The SMILES string of the molecule is CC(=O)NCCC(O)C(O)c1cc(Cl)cc(Cl)c1. The maximum Gasteiger partial charge on any atom is 0.216 e. The first kappa shape index (κ1) is 15.2. The monoisotopic (exact) mass is 291 g/mol. The fourth-order valence-electron chi connectivity index (χ4n) is 1.52. The minimum absolute atomic E-state index is 0.178. The number of nitrogens with one attached hydrogen (secondary N) is 1. The van der Waals surface area contributed by atoms with E-state index in [0.717, 1.165) is 0 Å². The molecule has 0 spiro atoms. The smallest absolute Gasteiger partial charge is 0.216 e. The van der Waals surface area contributed by atoms with Gasteiger partial charge < -0.3 is 15.5 Å². The van der Waals surface area contributed by atoms with E-state index in [4.69, 9.17) is 23.2 Å². The number of carbonyl (C=O) groups excluding carboxylic acids is 1. The number of hydrogen-bond acceptors (Lipinski definition) is 3. The van der Waals surface area contributed by atoms with Gasteiger partial charge in [0.2, 0.25) is 5.91 Å². The zero-order valence-electron chi connectivity index (χ0n) is 9.86. The molecule has 1 rings (SSSR count). The Morgan fingerprint density at radius 1 is 1.28 bits per heavy atom. The maximum absolute atomic E-state index is 10.7. The van der Waals surface area contributed by atoms with E-state index in [1.54, 1.807) is 18.2 Å². The predicted molar refractivity (Wildman–Crippen MR) is 70.7 cm³/mol. The lowest BCUT2D eigenvalue weighted by atomic mass is 10.0. The number of amides is 1. The van der Waals surface area contributed by atoms with Gasteiger partial charge in [0.15, 0.2) is 0 Å². The summed E-state index contributed by atoms with van der Waals surface area (Å²) in [7, 11) is 0. The molecular weight excluding hydrogens is 277 g/mol. The van der Waals surface area contributed by atoms with Gasteiger partial charge in [0, 0.05) is 23.5 Å². The van der Waals surface area contributed by atoms with Crippen molar-refractivity contribution in [2.24, 2.45) is 0 Å². The molecule has 0 saturated carbocycles. The van der Waals surface area contributed by atoms with Gasteiger partial charge in [-0.1, -0.05) is 23.2 Å². The fraction of sp³-hybridized carbons (Fsp3) is 0.417. The van der Waals surface area contributed by atoms with Crippen LogP contribution in [0.1, 0.15) is 25.0 Å². The number of carbonyl (C=O) groups is 1. The molecule has 0 aliphatic heterocycles. The summed E-state index contributed by atoms with van der Waals surface area (Å²) in [4.78, 5) is 10.7. The molecule has 2 atom stereocenters. The number of hydrogen-bond donors (Lipinski definition) is 3. The lowest BCUT2D eigenvalue weighted by Gasteiger charge is -2.18. The lowest BCUT2D eigenvalue weighted by Crippen LogP contribution is -2.27. The molecule has 1 amide bonds. The van der Waals surface area contributed by atoms with Gasteiger partial charge in [0.25, 0.3) is 0 Å². The number of rotatable bonds is 5. The first-order valence-corrected chi connectivity index (χ1v) is 6.22. The van der Waals surface area contributed by atoms with Crippen LogP contribution in [-0.4, -0.2) is 28.8 Å². The van der Waals surface area contributed by atoms with Gasteiger partial charge in [-0.15, -0.1) is 0 Å². The Hall–Kier alpha value is -0.810. The summed E-state index contributed by atoms with van der Waals surface area (Å²) >= 11 is 11.6. The van der Waals surface area contributed by atoms with E-state index >= 15 is 0 Å². The van der Waals surface area contributed by atoms with E-state index in [1.807, 2.05) is 0 Å². The molecule has 3 N–H and O–H groups in total. The van der Waals surface area contributed by atoms with Gasteiger partial charge in [-0.3, -0.25) is 4.79 Å². The highest BCUT2D eigenvalue weighted by Gasteiger charge is 2.19. The topological polar surface area (TPSA) is 69.6 Å². The number of halogens is 2. The predicted octanol–water partition coefficient (Wildman–Crippen LogP) is 1.91. The summed E-state index contributed by atoms with van der Waals surface area (Å²) in [5.74, 6) is -0.178. The molecule has 100 valence electrons. The third-order valence-electron chi connectivity index (χ3n) is 2.40. The molecule has 18 heavy (non-hydrogen) atoms. The molecule has 4 nitrogen and oxygen atoms in total. The third kappa shape index (κ3) is 4.82. The van der Waals surface area contributed by atoms with Gasteiger partial charge in [0.05, 0.1) is 6.10 Å². The number of aliphatic hydroxyl groups is 2. The first-order valence-electron chi connectivity index (χ1n) is 5.46. The summed E-state index contributed by atoms with van der Waals surface area (Å²) in [6.07, 6.45) is -1.84. The van der Waals surface area contributed by atoms with E-state index in [0.29, 0.717) is 22.2 Å². The second-order valence-electron chi connectivity index (χ2n) is 3.99. The van der Waals surface area contributed by atoms with Gasteiger partial charge in [-0.05, 0) is 30.2 Å². The van der Waals surface area contributed by atoms with Gasteiger partial charge in [0.1, 0.15) is 6.10 Å². The van der Waals surface area contributed by atoms with Gasteiger partial charge >= 0.3 is 0 Å². The van der Waals surface area contributed by atoms with E-state index in [2.05, 4.69) is 5.32 Å². The Morgan fingerprint density at radius 3 is 2.33 bits per heavy atom. The Kier molecular flexibility index (Phi) is 5.88. The Balaban J connectivity index is 2.62. The van der Waals surface area contributed by atoms with Crippen LogP contribution < -0.4 is 5.32 Å². The second kappa shape index (κ2) is 6.95. The first-order chi connectivity index (χ1) is 8.40. The van der Waals surface area contributed by atoms with Crippen molar-refractivity contribution in [2.75, 3.05) is 6.54 Å². The molecule has 0 aromatic heterocycles. The summed E-state index contributed by atoms with van der Waals surface area (Å²) < 4.78 is 0. The van der Waals surface area contributed by atoms with E-state index < -0.39 is 12.2 Å². The van der Waals surface area contributed by atoms with Crippen LogP contribution in [-0.2, 0) is 4.79 Å². The summed E-state index contributed by atoms with van der Waals surface area (Å²) in [5.41, 5.74) is 0.447. The highest BCUT2D eigenvalue weighted by molar-refractivity contribution is 6.34. The molecule has 0 aliphatic rings. The van der Waals surface area contributed by atoms with Crippen LogP contribution >= 0.6 is 23.2 Å². The minimum atomic E-state index is -1.09. The van der Waals surface area contributed by atoms with Gasteiger partial charge in [-0.25, -0.2) is 0 Å². The Bertz CT molecular complexity index is 406. The second-order valence-corrected chi connectivity index (χ2v) is 4.86. The van der Waals surface area contributed by atoms with Crippen molar-refractivity contribution >= 4 is 29.1 Å². The van der Waals surface area contributed by atoms with Crippen molar-refractivity contribution in [3.8, 4) is 0 Å². The maximum atomic E-state index is 10.7. The molecule has 1 aromatic rings. The quantitative estimate of drug-likeness (QED) is 0.776. The standard InChI is InChI=1S/C12H15Cl2NO3/c1-7(16)15-3-2-11(17)12(18)8-4-9(13)6-10(14)5-8/h4-6,11-12,17-18H,2-3H2,1H3,(H,15,16). The molecule has 2 unspecified atom stereocenters. The van der Waals surface area contributed by atoms with Crippen molar-refractivity contribution in [3.05, 3.63) is 33.8 Å². The minimum Gasteiger partial charge on any atom is -0.390 e. The van der Waals surface area contributed by atoms with Crippen LogP contribution in [0.4, 0.5) is 0 Å². The van der Waals surface area contributed by atoms with Gasteiger partial charge in [-0.2, -0.15) is 0 Å². The molecule has 6 heteroatoms. The van der Waals surface area contributed by atoms with Crippen LogP contribution in [0.25, 0.3) is 0 Å². The van der Waals surface area contributed by atoms with E-state index in [-0.39, 0.29) is 12.3 Å². The summed E-state index contributed by atoms with van der Waals surface area (Å²) in [5, 5.41) is 23.0. The molecule has 1 aromatic carbocycles. The zero-order valence-corrected chi connectivity index (χ0v) is 11.4. The van der Waals surface area contributed by atoms with Crippen molar-refractivity contribution in [3.63, 3.8) is 0 Å². The van der Waals surface area contributed by atoms with E-state index in [9.17, 15) is 15.0 Å². The summed E-state index contributed by atoms with van der Waals surface area (Å²) in [6, 6.07) is 4.63. The largest absolute Gasteiger partial charge is 0.390 e. The number of aliphatic hydroxyl groups excluding tert-OH is 2. The van der Waals surface area contributed by atoms with Crippen molar-refractivity contribution in [1.82, 2.24) is 5.32 Å².